The average molecular weight is 743 g/mol. The van der Waals surface area contributed by atoms with Crippen molar-refractivity contribution in [3.63, 3.8) is 0 Å². The predicted molar refractivity (Wildman–Crippen MR) is 169 cm³/mol. The van der Waals surface area contributed by atoms with E-state index in [1.54, 1.807) is 0 Å². The normalized spacial score (nSPS) is 18.7. The summed E-state index contributed by atoms with van der Waals surface area (Å²) in [5.74, 6) is -11.3. The summed E-state index contributed by atoms with van der Waals surface area (Å²) in [6, 6.07) is 2.34. The van der Waals surface area contributed by atoms with Crippen molar-refractivity contribution in [2.75, 3.05) is 20.5 Å². The molecule has 1 aliphatic carbocycles. The molecular formula is C33H26O18S. The molecule has 0 bridgehead atoms. The number of ether oxygens (including phenoxy) is 7. The summed E-state index contributed by atoms with van der Waals surface area (Å²) < 4.78 is 74.5. The molecule has 2 aromatic carbocycles. The van der Waals surface area contributed by atoms with Gasteiger partial charge in [-0.3, -0.25) is 28.2 Å². The van der Waals surface area contributed by atoms with Crippen LogP contribution < -0.4 is 29.3 Å². The lowest BCUT2D eigenvalue weighted by molar-refractivity contribution is -0.141. The third-order valence-corrected chi connectivity index (χ3v) is 8.49. The van der Waals surface area contributed by atoms with Crippen LogP contribution in [-0.2, 0) is 44.6 Å². The first-order valence-corrected chi connectivity index (χ1v) is 16.8. The lowest BCUT2D eigenvalue weighted by atomic mass is 9.87. The molecule has 0 amide bonds. The SMILES string of the molecule is COC(=O)c1cc2cc3c(c(OC(C)=O)c2c(=O)o1)OC1(Cc2c(c(OC(C)=O)c4c(c2OC(C)=O)C(=O)C=C(OC)C4=O)O1)CC3OS(C)(=O)=O. The Balaban J connectivity index is 1.64. The fourth-order valence-corrected chi connectivity index (χ4v) is 6.77. The van der Waals surface area contributed by atoms with Crippen LogP contribution in [-0.4, -0.2) is 70.1 Å². The van der Waals surface area contributed by atoms with Gasteiger partial charge in [-0.05, 0) is 17.5 Å². The van der Waals surface area contributed by atoms with Gasteiger partial charge >= 0.3 is 29.5 Å². The molecule has 0 saturated carbocycles. The molecular weight excluding hydrogens is 716 g/mol. The molecule has 0 radical (unpaired) electrons. The van der Waals surface area contributed by atoms with Gasteiger partial charge in [0.2, 0.25) is 11.5 Å². The summed E-state index contributed by atoms with van der Waals surface area (Å²) in [6.45, 7) is 3.02. The van der Waals surface area contributed by atoms with Gasteiger partial charge in [0.15, 0.2) is 34.5 Å². The zero-order chi connectivity index (χ0) is 38.0. The van der Waals surface area contributed by atoms with Crippen LogP contribution in [0, 0.1) is 0 Å². The lowest BCUT2D eigenvalue weighted by Gasteiger charge is -2.38. The molecule has 18 nitrogen and oxygen atoms in total. The van der Waals surface area contributed by atoms with E-state index in [1.807, 2.05) is 0 Å². The van der Waals surface area contributed by atoms with E-state index in [0.29, 0.717) is 0 Å². The monoisotopic (exact) mass is 742 g/mol. The number of ketones is 2. The highest BCUT2D eigenvalue weighted by atomic mass is 32.2. The van der Waals surface area contributed by atoms with Crippen molar-refractivity contribution in [1.82, 2.24) is 0 Å². The third kappa shape index (κ3) is 6.13. The number of carbonyl (C=O) groups is 6. The molecule has 1 aromatic heterocycles. The van der Waals surface area contributed by atoms with E-state index < -0.39 is 133 Å². The molecule has 3 aliphatic rings. The average Bonchev–Trinajstić information content (AvgIpc) is 3.40. The number of methoxy groups -OCH3 is 2. The van der Waals surface area contributed by atoms with Crippen LogP contribution in [0.2, 0.25) is 0 Å². The van der Waals surface area contributed by atoms with Crippen molar-refractivity contribution in [2.45, 2.75) is 45.5 Å². The molecule has 2 unspecified atom stereocenters. The van der Waals surface area contributed by atoms with Crippen molar-refractivity contribution in [2.24, 2.45) is 0 Å². The Bertz CT molecular complexity index is 2380. The van der Waals surface area contributed by atoms with Gasteiger partial charge in [-0.25, -0.2) is 9.59 Å². The molecule has 52 heavy (non-hydrogen) atoms. The summed E-state index contributed by atoms with van der Waals surface area (Å²) in [4.78, 5) is 89.8. The van der Waals surface area contributed by atoms with Crippen LogP contribution in [0.25, 0.3) is 10.8 Å². The Morgan fingerprint density at radius 1 is 0.846 bits per heavy atom. The second-order valence-corrected chi connectivity index (χ2v) is 13.3. The van der Waals surface area contributed by atoms with E-state index in [0.717, 1.165) is 53.4 Å². The number of esters is 4. The maximum atomic E-state index is 13.6. The van der Waals surface area contributed by atoms with E-state index in [4.69, 9.17) is 37.0 Å². The van der Waals surface area contributed by atoms with E-state index in [2.05, 4.69) is 4.74 Å². The highest BCUT2D eigenvalue weighted by Gasteiger charge is 2.54. The van der Waals surface area contributed by atoms with Crippen molar-refractivity contribution < 1.29 is 78.9 Å². The van der Waals surface area contributed by atoms with Crippen LogP contribution in [0.4, 0.5) is 0 Å². The van der Waals surface area contributed by atoms with Gasteiger partial charge in [-0.15, -0.1) is 0 Å². The maximum Gasteiger partial charge on any atom is 0.374 e. The van der Waals surface area contributed by atoms with E-state index in [-0.39, 0.29) is 16.5 Å². The minimum absolute atomic E-state index is 0.0654. The topological polar surface area (TPSA) is 241 Å². The molecule has 2 aliphatic heterocycles. The van der Waals surface area contributed by atoms with Crippen LogP contribution in [0.1, 0.15) is 75.7 Å². The summed E-state index contributed by atoms with van der Waals surface area (Å²) >= 11 is 0. The largest absolute Gasteiger partial charge is 0.492 e. The van der Waals surface area contributed by atoms with Gasteiger partial charge in [0.25, 0.3) is 15.9 Å². The zero-order valence-electron chi connectivity index (χ0n) is 28.0. The van der Waals surface area contributed by atoms with Crippen LogP contribution in [0.5, 0.6) is 28.7 Å². The lowest BCUT2D eigenvalue weighted by Crippen LogP contribution is -2.46. The quantitative estimate of drug-likeness (QED) is 0.192. The van der Waals surface area contributed by atoms with Gasteiger partial charge in [-0.1, -0.05) is 0 Å². The first kappa shape index (κ1) is 35.7. The fraction of sp³-hybridized carbons (Fsp3) is 0.303. The predicted octanol–water partition coefficient (Wildman–Crippen LogP) is 2.40. The Hall–Kier alpha value is -6.08. The number of fused-ring (bicyclic) bond motifs is 4. The summed E-state index contributed by atoms with van der Waals surface area (Å²) in [6.07, 6.45) is -0.976. The number of carbonyl (C=O) groups excluding carboxylic acids is 6. The van der Waals surface area contributed by atoms with Gasteiger partial charge in [0.05, 0.1) is 44.4 Å². The summed E-state index contributed by atoms with van der Waals surface area (Å²) in [7, 11) is -2.15. The molecule has 0 N–H and O–H groups in total. The molecule has 2 atom stereocenters. The van der Waals surface area contributed by atoms with Crippen LogP contribution in [0.3, 0.4) is 0 Å². The van der Waals surface area contributed by atoms with Crippen LogP contribution >= 0.6 is 0 Å². The Labute approximate surface area is 292 Å². The molecule has 3 aromatic rings. The number of benzene rings is 2. The van der Waals surface area contributed by atoms with Crippen molar-refractivity contribution in [1.29, 1.82) is 0 Å². The minimum atomic E-state index is -4.31. The van der Waals surface area contributed by atoms with E-state index in [1.165, 1.54) is 6.07 Å². The third-order valence-electron chi connectivity index (χ3n) is 7.91. The maximum absolute atomic E-state index is 13.6. The van der Waals surface area contributed by atoms with Crippen molar-refractivity contribution >= 4 is 56.3 Å². The minimum Gasteiger partial charge on any atom is -0.492 e. The zero-order valence-corrected chi connectivity index (χ0v) is 28.8. The molecule has 272 valence electrons. The second kappa shape index (κ2) is 12.6. The summed E-state index contributed by atoms with van der Waals surface area (Å²) in [5, 5.41) is -0.484. The molecule has 19 heteroatoms. The number of Topliss-reactive ketones (excluding diaryl/α,β-unsaturated/α-hetero) is 1. The van der Waals surface area contributed by atoms with Gasteiger partial charge < -0.3 is 37.6 Å². The van der Waals surface area contributed by atoms with Crippen LogP contribution in [0.15, 0.2) is 33.2 Å². The second-order valence-electron chi connectivity index (χ2n) is 11.7. The number of rotatable bonds is 7. The highest BCUT2D eigenvalue weighted by Crippen LogP contribution is 2.58. The fourth-order valence-electron chi connectivity index (χ4n) is 6.17. The Morgan fingerprint density at radius 3 is 2.06 bits per heavy atom. The van der Waals surface area contributed by atoms with Gasteiger partial charge in [0.1, 0.15) is 17.2 Å². The van der Waals surface area contributed by atoms with Crippen molar-refractivity contribution in [3.05, 3.63) is 62.4 Å². The number of hydrogen-bond acceptors (Lipinski definition) is 18. The molecule has 0 fully saturated rings. The van der Waals surface area contributed by atoms with Gasteiger partial charge in [-0.2, -0.15) is 8.42 Å². The molecule has 1 spiro atoms. The first-order chi connectivity index (χ1) is 24.4. The number of allylic oxidation sites excluding steroid dienone is 2. The van der Waals surface area contributed by atoms with E-state index in [9.17, 15) is 42.0 Å². The summed E-state index contributed by atoms with van der Waals surface area (Å²) in [5.41, 5.74) is -2.42. The highest BCUT2D eigenvalue weighted by molar-refractivity contribution is 7.86. The molecule has 6 rings (SSSR count). The van der Waals surface area contributed by atoms with Crippen molar-refractivity contribution in [3.8, 4) is 28.7 Å². The first-order valence-electron chi connectivity index (χ1n) is 15.0. The molecule has 0 saturated heterocycles. The number of hydrogen-bond donors (Lipinski definition) is 0. The van der Waals surface area contributed by atoms with Gasteiger partial charge in [0, 0.05) is 38.0 Å². The Morgan fingerprint density at radius 2 is 1.46 bits per heavy atom. The van der Waals surface area contributed by atoms with E-state index >= 15 is 0 Å². The Kier molecular flexibility index (Phi) is 8.66. The smallest absolute Gasteiger partial charge is 0.374 e. The molecule has 3 heterocycles. The standard InChI is InChI=1S/C33H26O18S/c1-12(34)45-26-17-10-33(50-28(17)30(47-14(3)36)24-23(26)18(37)9-19(43-4)25(24)38)11-21(51-52(6,41)42)16-7-15-8-20(31(39)44-5)48-32(40)22(15)29(27(16)49-33)46-13(2)35/h7-9,21H,10-11H2,1-6H3.